The number of carbonyl (C=O) groups excluding carboxylic acids is 3. The van der Waals surface area contributed by atoms with Gasteiger partial charge in [-0.2, -0.15) is 0 Å². The molecule has 1 saturated heterocycles. The van der Waals surface area contributed by atoms with E-state index >= 15 is 0 Å². The van der Waals surface area contributed by atoms with Crippen molar-refractivity contribution in [2.45, 2.75) is 31.8 Å². The topological polar surface area (TPSA) is 66.9 Å². The van der Waals surface area contributed by atoms with Crippen LogP contribution >= 0.6 is 0 Å². The smallest absolute Gasteiger partial charge is 0.306 e. The van der Waals surface area contributed by atoms with Crippen LogP contribution in [-0.2, 0) is 9.53 Å². The van der Waals surface area contributed by atoms with Gasteiger partial charge in [-0.1, -0.05) is 24.3 Å². The Morgan fingerprint density at radius 1 is 1.04 bits per heavy atom. The molecular weight excluding hydrogens is 356 g/mol. The van der Waals surface area contributed by atoms with Crippen LogP contribution in [0.4, 0.5) is 0 Å². The molecule has 0 N–H and O–H groups in total. The lowest BCUT2D eigenvalue weighted by atomic mass is 9.94. The second kappa shape index (κ2) is 7.72. The molecule has 4 rings (SSSR count). The van der Waals surface area contributed by atoms with Crippen LogP contribution in [0.1, 0.15) is 46.4 Å². The number of benzene rings is 2. The maximum Gasteiger partial charge on any atom is 0.306 e. The van der Waals surface area contributed by atoms with E-state index in [1.54, 1.807) is 12.1 Å². The molecule has 1 fully saturated rings. The standard InChI is InChI=1S/C22H24N2O4/c1-23-13-10-16(11-14-23)28-19(25)9-4-12-24-21(26)17-7-2-5-15-6-3-8-18(20(15)17)22(24)27/h2-3,5-8,16H,4,9-14H2,1H3. The van der Waals surface area contributed by atoms with E-state index in [2.05, 4.69) is 11.9 Å². The Hall–Kier alpha value is -2.73. The van der Waals surface area contributed by atoms with Gasteiger partial charge >= 0.3 is 5.97 Å². The molecule has 2 amide bonds. The number of likely N-dealkylation sites (tertiary alicyclic amines) is 1. The summed E-state index contributed by atoms with van der Waals surface area (Å²) in [6.45, 7) is 2.07. The van der Waals surface area contributed by atoms with Crippen LogP contribution in [0.3, 0.4) is 0 Å². The minimum atomic E-state index is -0.294. The molecule has 0 bridgehead atoms. The summed E-state index contributed by atoms with van der Waals surface area (Å²) in [7, 11) is 2.06. The third-order valence-electron chi connectivity index (χ3n) is 5.58. The van der Waals surface area contributed by atoms with Crippen LogP contribution < -0.4 is 0 Å². The zero-order valence-electron chi connectivity index (χ0n) is 16.0. The predicted molar refractivity (Wildman–Crippen MR) is 105 cm³/mol. The van der Waals surface area contributed by atoms with Gasteiger partial charge in [-0.15, -0.1) is 0 Å². The number of amides is 2. The summed E-state index contributed by atoms with van der Waals surface area (Å²) in [5, 5.41) is 1.61. The number of hydrogen-bond acceptors (Lipinski definition) is 5. The molecule has 2 aromatic rings. The van der Waals surface area contributed by atoms with Gasteiger partial charge in [0.05, 0.1) is 0 Å². The predicted octanol–water partition coefficient (Wildman–Crippen LogP) is 2.85. The maximum absolute atomic E-state index is 12.8. The summed E-state index contributed by atoms with van der Waals surface area (Å²) in [6, 6.07) is 11.0. The quantitative estimate of drug-likeness (QED) is 0.589. The van der Waals surface area contributed by atoms with E-state index in [4.69, 9.17) is 4.74 Å². The number of carbonyl (C=O) groups is 3. The Balaban J connectivity index is 1.37. The molecule has 0 radical (unpaired) electrons. The van der Waals surface area contributed by atoms with Crippen molar-refractivity contribution < 1.29 is 19.1 Å². The summed E-state index contributed by atoms with van der Waals surface area (Å²) < 4.78 is 5.53. The Labute approximate surface area is 164 Å². The van der Waals surface area contributed by atoms with E-state index < -0.39 is 0 Å². The highest BCUT2D eigenvalue weighted by Crippen LogP contribution is 2.30. The Bertz CT molecular complexity index is 881. The first-order chi connectivity index (χ1) is 13.5. The fraction of sp³-hybridized carbons (Fsp3) is 0.409. The first-order valence-electron chi connectivity index (χ1n) is 9.80. The lowest BCUT2D eigenvalue weighted by Gasteiger charge is -2.29. The highest BCUT2D eigenvalue weighted by Gasteiger charge is 2.32. The van der Waals surface area contributed by atoms with Gasteiger partial charge in [-0.05, 0) is 43.8 Å². The molecule has 0 aliphatic carbocycles. The van der Waals surface area contributed by atoms with Gasteiger partial charge in [-0.25, -0.2) is 0 Å². The van der Waals surface area contributed by atoms with Gasteiger partial charge in [-0.3, -0.25) is 19.3 Å². The van der Waals surface area contributed by atoms with Crippen LogP contribution in [0.15, 0.2) is 36.4 Å². The molecule has 146 valence electrons. The van der Waals surface area contributed by atoms with Crippen LogP contribution in [-0.4, -0.2) is 60.4 Å². The number of nitrogens with zero attached hydrogens (tertiary/aromatic N) is 2. The van der Waals surface area contributed by atoms with Gasteiger partial charge in [0.25, 0.3) is 11.8 Å². The molecule has 2 heterocycles. The number of ether oxygens (including phenoxy) is 1. The largest absolute Gasteiger partial charge is 0.462 e. The SMILES string of the molecule is CN1CCC(OC(=O)CCCN2C(=O)c3cccc4cccc(c34)C2=O)CC1. The molecule has 2 aliphatic rings. The Kier molecular flexibility index (Phi) is 5.13. The van der Waals surface area contributed by atoms with Crippen molar-refractivity contribution in [3.63, 3.8) is 0 Å². The number of esters is 1. The van der Waals surface area contributed by atoms with Gasteiger partial charge in [0.2, 0.25) is 0 Å². The van der Waals surface area contributed by atoms with Crippen molar-refractivity contribution in [1.29, 1.82) is 0 Å². The highest BCUT2D eigenvalue weighted by molar-refractivity contribution is 6.25. The summed E-state index contributed by atoms with van der Waals surface area (Å²) in [4.78, 5) is 41.2. The maximum atomic E-state index is 12.8. The zero-order valence-corrected chi connectivity index (χ0v) is 16.0. The van der Waals surface area contributed by atoms with Crippen LogP contribution in [0.2, 0.25) is 0 Å². The lowest BCUT2D eigenvalue weighted by molar-refractivity contribution is -0.151. The van der Waals surface area contributed by atoms with E-state index in [1.165, 1.54) is 4.90 Å². The van der Waals surface area contributed by atoms with Crippen molar-refractivity contribution in [2.24, 2.45) is 0 Å². The van der Waals surface area contributed by atoms with Crippen LogP contribution in [0, 0.1) is 0 Å². The van der Waals surface area contributed by atoms with Crippen LogP contribution in [0.25, 0.3) is 10.8 Å². The van der Waals surface area contributed by atoms with E-state index in [9.17, 15) is 14.4 Å². The summed E-state index contributed by atoms with van der Waals surface area (Å²) in [5.41, 5.74) is 1.09. The van der Waals surface area contributed by atoms with Crippen molar-refractivity contribution >= 4 is 28.6 Å². The van der Waals surface area contributed by atoms with E-state index in [1.807, 2.05) is 24.3 Å². The minimum absolute atomic E-state index is 0.0218. The molecule has 0 unspecified atom stereocenters. The first-order valence-corrected chi connectivity index (χ1v) is 9.80. The molecule has 0 atom stereocenters. The van der Waals surface area contributed by atoms with Gasteiger partial charge in [0.1, 0.15) is 6.10 Å². The molecule has 0 spiro atoms. The highest BCUT2D eigenvalue weighted by atomic mass is 16.5. The minimum Gasteiger partial charge on any atom is -0.462 e. The van der Waals surface area contributed by atoms with Crippen molar-refractivity contribution in [2.75, 3.05) is 26.7 Å². The summed E-state index contributed by atoms with van der Waals surface area (Å²) in [5.74, 6) is -0.843. The fourth-order valence-corrected chi connectivity index (χ4v) is 4.01. The number of rotatable bonds is 5. The number of piperidine rings is 1. The molecule has 6 heteroatoms. The van der Waals surface area contributed by atoms with E-state index in [0.717, 1.165) is 36.7 Å². The third kappa shape index (κ3) is 3.52. The average molecular weight is 380 g/mol. The Morgan fingerprint density at radius 2 is 1.64 bits per heavy atom. The van der Waals surface area contributed by atoms with Crippen LogP contribution in [0.5, 0.6) is 0 Å². The second-order valence-corrected chi connectivity index (χ2v) is 7.57. The lowest BCUT2D eigenvalue weighted by Crippen LogP contribution is -2.41. The molecular formula is C22H24N2O4. The van der Waals surface area contributed by atoms with Gasteiger partial charge < -0.3 is 9.64 Å². The Morgan fingerprint density at radius 3 is 2.25 bits per heavy atom. The average Bonchev–Trinajstić information content (AvgIpc) is 2.70. The molecule has 28 heavy (non-hydrogen) atoms. The van der Waals surface area contributed by atoms with Crippen molar-refractivity contribution in [3.8, 4) is 0 Å². The summed E-state index contributed by atoms with van der Waals surface area (Å²) in [6.07, 6.45) is 2.29. The summed E-state index contributed by atoms with van der Waals surface area (Å²) >= 11 is 0. The molecule has 2 aliphatic heterocycles. The van der Waals surface area contributed by atoms with E-state index in [-0.39, 0.29) is 36.9 Å². The van der Waals surface area contributed by atoms with Gasteiger partial charge in [0, 0.05) is 42.6 Å². The van der Waals surface area contributed by atoms with E-state index in [0.29, 0.717) is 17.5 Å². The molecule has 0 aromatic heterocycles. The molecule has 6 nitrogen and oxygen atoms in total. The fourth-order valence-electron chi connectivity index (χ4n) is 4.01. The number of hydrogen-bond donors (Lipinski definition) is 0. The number of imide groups is 1. The monoisotopic (exact) mass is 380 g/mol. The molecule has 2 aromatic carbocycles. The molecule has 0 saturated carbocycles. The van der Waals surface area contributed by atoms with Gasteiger partial charge in [0.15, 0.2) is 0 Å². The van der Waals surface area contributed by atoms with Crippen molar-refractivity contribution in [3.05, 3.63) is 47.5 Å². The zero-order chi connectivity index (χ0) is 19.7. The van der Waals surface area contributed by atoms with Crippen molar-refractivity contribution in [1.82, 2.24) is 9.80 Å². The normalized spacial score (nSPS) is 18.0. The first kappa shape index (κ1) is 18.6. The second-order valence-electron chi connectivity index (χ2n) is 7.57. The third-order valence-corrected chi connectivity index (χ3v) is 5.58.